The van der Waals surface area contributed by atoms with E-state index in [-0.39, 0.29) is 12.0 Å². The van der Waals surface area contributed by atoms with E-state index in [9.17, 15) is 8.42 Å². The van der Waals surface area contributed by atoms with E-state index in [0.717, 1.165) is 49.7 Å². The zero-order chi connectivity index (χ0) is 15.3. The van der Waals surface area contributed by atoms with Crippen LogP contribution in [0.15, 0.2) is 24.3 Å². The molecule has 5 heteroatoms. The average molecular weight is 312 g/mol. The van der Waals surface area contributed by atoms with Gasteiger partial charge in [-0.25, -0.2) is 0 Å². The zero-order valence-electron chi connectivity index (χ0n) is 12.7. The van der Waals surface area contributed by atoms with Crippen molar-refractivity contribution in [2.24, 2.45) is 0 Å². The first kappa shape index (κ1) is 16.3. The fourth-order valence-electron chi connectivity index (χ4n) is 2.97. The Kier molecular flexibility index (Phi) is 5.65. The molecule has 1 saturated carbocycles. The molecule has 0 aliphatic heterocycles. The van der Waals surface area contributed by atoms with Gasteiger partial charge in [0.25, 0.3) is 10.1 Å². The number of ether oxygens (including phenoxy) is 1. The van der Waals surface area contributed by atoms with Crippen LogP contribution in [-0.4, -0.2) is 27.4 Å². The number of rotatable bonds is 5. The van der Waals surface area contributed by atoms with Crippen LogP contribution < -0.4 is 4.74 Å². The second-order valence-corrected chi connectivity index (χ2v) is 7.19. The van der Waals surface area contributed by atoms with Crippen molar-refractivity contribution in [2.45, 2.75) is 51.0 Å². The summed E-state index contributed by atoms with van der Waals surface area (Å²) in [5.41, 5.74) is 1.13. The second-order valence-electron chi connectivity index (χ2n) is 5.59. The second kappa shape index (κ2) is 7.27. The highest BCUT2D eigenvalue weighted by atomic mass is 32.2. The first-order valence-corrected chi connectivity index (χ1v) is 9.42. The van der Waals surface area contributed by atoms with E-state index in [1.54, 1.807) is 0 Å². The van der Waals surface area contributed by atoms with Gasteiger partial charge < -0.3 is 4.74 Å². The fraction of sp³-hybridized carbons (Fsp3) is 0.625. The molecular formula is C16H24O4S. The maximum atomic E-state index is 11.5. The van der Waals surface area contributed by atoms with E-state index < -0.39 is 10.1 Å². The van der Waals surface area contributed by atoms with E-state index >= 15 is 0 Å². The average Bonchev–Trinajstić information content (AvgIpc) is 2.64. The van der Waals surface area contributed by atoms with Crippen LogP contribution in [0.25, 0.3) is 0 Å². The molecule has 0 radical (unpaired) electrons. The third kappa shape index (κ3) is 5.00. The van der Waals surface area contributed by atoms with Crippen LogP contribution in [0.2, 0.25) is 0 Å². The molecule has 1 aliphatic carbocycles. The van der Waals surface area contributed by atoms with Crippen molar-refractivity contribution >= 4 is 10.1 Å². The molecule has 0 spiro atoms. The van der Waals surface area contributed by atoms with Crippen LogP contribution in [0, 0.1) is 0 Å². The van der Waals surface area contributed by atoms with Crippen molar-refractivity contribution in [3.63, 3.8) is 0 Å². The molecule has 21 heavy (non-hydrogen) atoms. The number of hydrogen-bond donors (Lipinski definition) is 0. The molecule has 1 aliphatic rings. The van der Waals surface area contributed by atoms with Crippen molar-refractivity contribution in [1.29, 1.82) is 0 Å². The Hall–Kier alpha value is -1.07. The molecule has 2 rings (SSSR count). The van der Waals surface area contributed by atoms with Gasteiger partial charge in [-0.2, -0.15) is 8.42 Å². The molecule has 1 aromatic carbocycles. The molecule has 0 amide bonds. The monoisotopic (exact) mass is 312 g/mol. The highest BCUT2D eigenvalue weighted by molar-refractivity contribution is 7.86. The van der Waals surface area contributed by atoms with Crippen LogP contribution in [0.5, 0.6) is 5.75 Å². The van der Waals surface area contributed by atoms with Crippen LogP contribution in [0.3, 0.4) is 0 Å². The standard InChI is InChI=1S/C16H24O4S/c1-3-19-14-11-9-13(10-12-14)15-7-5-4-6-8-16(15)20-21(2,17)18/h9-12,15-16H,3-8H2,1-2H3. The Labute approximate surface area is 127 Å². The molecule has 0 N–H and O–H groups in total. The van der Waals surface area contributed by atoms with Gasteiger partial charge in [0, 0.05) is 5.92 Å². The van der Waals surface area contributed by atoms with Gasteiger partial charge in [0.2, 0.25) is 0 Å². The maximum Gasteiger partial charge on any atom is 0.264 e. The van der Waals surface area contributed by atoms with Gasteiger partial charge in [0.15, 0.2) is 0 Å². The SMILES string of the molecule is CCOc1ccc(C2CCCCCC2OS(C)(=O)=O)cc1. The Bertz CT molecular complexity index is 536. The Morgan fingerprint density at radius 1 is 1.10 bits per heavy atom. The Morgan fingerprint density at radius 3 is 2.38 bits per heavy atom. The summed E-state index contributed by atoms with van der Waals surface area (Å²) < 4.78 is 33.8. The van der Waals surface area contributed by atoms with Crippen molar-refractivity contribution < 1.29 is 17.3 Å². The number of benzene rings is 1. The minimum Gasteiger partial charge on any atom is -0.494 e. The summed E-state index contributed by atoms with van der Waals surface area (Å²) in [5, 5.41) is 0. The van der Waals surface area contributed by atoms with Gasteiger partial charge in [-0.1, -0.05) is 31.4 Å². The Morgan fingerprint density at radius 2 is 1.76 bits per heavy atom. The molecule has 0 bridgehead atoms. The van der Waals surface area contributed by atoms with Crippen molar-refractivity contribution in [2.75, 3.05) is 12.9 Å². The van der Waals surface area contributed by atoms with Gasteiger partial charge in [-0.15, -0.1) is 0 Å². The Balaban J connectivity index is 2.19. The zero-order valence-corrected chi connectivity index (χ0v) is 13.6. The first-order chi connectivity index (χ1) is 9.99. The summed E-state index contributed by atoms with van der Waals surface area (Å²) in [6.45, 7) is 2.60. The van der Waals surface area contributed by atoms with Crippen molar-refractivity contribution in [1.82, 2.24) is 0 Å². The third-order valence-corrected chi connectivity index (χ3v) is 4.47. The van der Waals surface area contributed by atoms with Gasteiger partial charge >= 0.3 is 0 Å². The summed E-state index contributed by atoms with van der Waals surface area (Å²) in [5.74, 6) is 0.980. The third-order valence-electron chi connectivity index (χ3n) is 3.87. The smallest absolute Gasteiger partial charge is 0.264 e. The molecule has 2 unspecified atom stereocenters. The van der Waals surface area contributed by atoms with Gasteiger partial charge in [-0.3, -0.25) is 4.18 Å². The van der Waals surface area contributed by atoms with Gasteiger partial charge in [-0.05, 0) is 37.5 Å². The van der Waals surface area contributed by atoms with Crippen molar-refractivity contribution in [3.05, 3.63) is 29.8 Å². The normalized spacial score (nSPS) is 23.5. The first-order valence-electron chi connectivity index (χ1n) is 7.60. The van der Waals surface area contributed by atoms with Crippen LogP contribution in [0.4, 0.5) is 0 Å². The molecule has 1 fully saturated rings. The summed E-state index contributed by atoms with van der Waals surface area (Å²) >= 11 is 0. The predicted octanol–water partition coefficient (Wildman–Crippen LogP) is 3.48. The predicted molar refractivity (Wildman–Crippen MR) is 83.2 cm³/mol. The van der Waals surface area contributed by atoms with E-state index in [0.29, 0.717) is 6.61 Å². The van der Waals surface area contributed by atoms with Crippen LogP contribution >= 0.6 is 0 Å². The molecule has 0 aromatic heterocycles. The summed E-state index contributed by atoms with van der Waals surface area (Å²) in [7, 11) is -3.42. The number of hydrogen-bond acceptors (Lipinski definition) is 4. The molecule has 0 saturated heterocycles. The molecule has 4 nitrogen and oxygen atoms in total. The van der Waals surface area contributed by atoms with Gasteiger partial charge in [0.05, 0.1) is 19.0 Å². The quantitative estimate of drug-likeness (QED) is 0.617. The molecule has 2 atom stereocenters. The minimum absolute atomic E-state index is 0.137. The lowest BCUT2D eigenvalue weighted by Gasteiger charge is -2.24. The minimum atomic E-state index is -3.42. The van der Waals surface area contributed by atoms with E-state index in [1.165, 1.54) is 0 Å². The van der Waals surface area contributed by atoms with Crippen molar-refractivity contribution in [3.8, 4) is 5.75 Å². The molecule has 1 aromatic rings. The largest absolute Gasteiger partial charge is 0.494 e. The molecule has 118 valence electrons. The molecular weight excluding hydrogens is 288 g/mol. The van der Waals surface area contributed by atoms with E-state index in [1.807, 2.05) is 31.2 Å². The lowest BCUT2D eigenvalue weighted by atomic mass is 9.89. The fourth-order valence-corrected chi connectivity index (χ4v) is 3.65. The van der Waals surface area contributed by atoms with Gasteiger partial charge in [0.1, 0.15) is 5.75 Å². The van der Waals surface area contributed by atoms with E-state index in [2.05, 4.69) is 0 Å². The summed E-state index contributed by atoms with van der Waals surface area (Å²) in [6.07, 6.45) is 5.92. The lowest BCUT2D eigenvalue weighted by molar-refractivity contribution is 0.170. The van der Waals surface area contributed by atoms with E-state index in [4.69, 9.17) is 8.92 Å². The molecule has 0 heterocycles. The van der Waals surface area contributed by atoms with Crippen LogP contribution in [0.1, 0.15) is 50.5 Å². The maximum absolute atomic E-state index is 11.5. The summed E-state index contributed by atoms with van der Waals surface area (Å²) in [4.78, 5) is 0. The summed E-state index contributed by atoms with van der Waals surface area (Å²) in [6, 6.07) is 7.95. The lowest BCUT2D eigenvalue weighted by Crippen LogP contribution is -2.24. The topological polar surface area (TPSA) is 52.6 Å². The highest BCUT2D eigenvalue weighted by Crippen LogP contribution is 2.35. The highest BCUT2D eigenvalue weighted by Gasteiger charge is 2.28. The van der Waals surface area contributed by atoms with Crippen LogP contribution in [-0.2, 0) is 14.3 Å².